The number of nitrogens with zero attached hydrogens (tertiary/aromatic N) is 6. The number of amides is 3. The van der Waals surface area contributed by atoms with Gasteiger partial charge in [0.15, 0.2) is 5.82 Å². The topological polar surface area (TPSA) is 166 Å². The van der Waals surface area contributed by atoms with Crippen LogP contribution >= 0.6 is 23.2 Å². The third kappa shape index (κ3) is 6.50. The van der Waals surface area contributed by atoms with Crippen molar-refractivity contribution in [3.05, 3.63) is 123 Å². The first-order valence-electron chi connectivity index (χ1n) is 16.6. The van der Waals surface area contributed by atoms with E-state index in [2.05, 4.69) is 31.7 Å². The Balaban J connectivity index is 1.13. The molecule has 0 unspecified atom stereocenters. The minimum Gasteiger partial charge on any atom is -0.390 e. The van der Waals surface area contributed by atoms with Crippen LogP contribution in [0.2, 0.25) is 10.0 Å². The second-order valence-corrected chi connectivity index (χ2v) is 14.1. The molecule has 1 saturated carbocycles. The van der Waals surface area contributed by atoms with Crippen LogP contribution < -0.4 is 15.5 Å². The lowest BCUT2D eigenvalue weighted by molar-refractivity contribution is -0.124. The van der Waals surface area contributed by atoms with E-state index in [9.17, 15) is 29.1 Å². The predicted molar refractivity (Wildman–Crippen MR) is 194 cm³/mol. The van der Waals surface area contributed by atoms with Gasteiger partial charge in [0.2, 0.25) is 11.9 Å². The van der Waals surface area contributed by atoms with E-state index in [0.717, 1.165) is 11.1 Å². The Labute approximate surface area is 313 Å². The largest absolute Gasteiger partial charge is 0.390 e. The van der Waals surface area contributed by atoms with E-state index in [1.807, 2.05) is 18.2 Å². The van der Waals surface area contributed by atoms with Crippen LogP contribution in [-0.2, 0) is 33.7 Å². The zero-order chi connectivity index (χ0) is 37.7. The first-order chi connectivity index (χ1) is 25.4. The molecule has 268 valence electrons. The summed E-state index contributed by atoms with van der Waals surface area (Å²) in [6.45, 7) is 3.05. The molecule has 3 amide bonds. The average Bonchev–Trinajstić information content (AvgIpc) is 3.75. The summed E-state index contributed by atoms with van der Waals surface area (Å²) in [6.07, 6.45) is 6.09. The van der Waals surface area contributed by atoms with Crippen molar-refractivity contribution >= 4 is 52.6 Å². The van der Waals surface area contributed by atoms with Crippen molar-refractivity contribution < 1.29 is 23.9 Å². The first kappa shape index (κ1) is 35.7. The minimum absolute atomic E-state index is 0.00542. The lowest BCUT2D eigenvalue weighted by Crippen LogP contribution is -2.49. The molecule has 1 fully saturated rings. The van der Waals surface area contributed by atoms with E-state index in [1.54, 1.807) is 56.6 Å². The Hall–Kier alpha value is -5.68. The molecule has 3 N–H and O–H groups in total. The van der Waals surface area contributed by atoms with Crippen LogP contribution in [0.4, 0.5) is 16.0 Å². The fourth-order valence-electron chi connectivity index (χ4n) is 6.51. The molecule has 0 radical (unpaired) electrons. The molecule has 2 aliphatic rings. The number of aliphatic hydroxyl groups is 1. The van der Waals surface area contributed by atoms with Crippen LogP contribution in [0.5, 0.6) is 0 Å². The van der Waals surface area contributed by atoms with Crippen molar-refractivity contribution in [2.45, 2.75) is 56.8 Å². The number of halogens is 3. The fraction of sp³-hybridized carbons (Fsp3) is 0.237. The maximum atomic E-state index is 14.4. The van der Waals surface area contributed by atoms with E-state index in [0.29, 0.717) is 35.4 Å². The summed E-state index contributed by atoms with van der Waals surface area (Å²) in [6, 6.07) is 17.6. The summed E-state index contributed by atoms with van der Waals surface area (Å²) in [5.74, 6) is -2.35. The first-order valence-corrected chi connectivity index (χ1v) is 17.3. The number of carbonyl (C=O) groups is 3. The van der Waals surface area contributed by atoms with Gasteiger partial charge in [-0.1, -0.05) is 47.5 Å². The van der Waals surface area contributed by atoms with Gasteiger partial charge < -0.3 is 15.7 Å². The fourth-order valence-corrected chi connectivity index (χ4v) is 6.99. The number of nitrogens with one attached hydrogen (secondary N) is 2. The summed E-state index contributed by atoms with van der Waals surface area (Å²) in [5.41, 5.74) is 2.08. The molecule has 0 bridgehead atoms. The van der Waals surface area contributed by atoms with Crippen molar-refractivity contribution in [3.8, 4) is 17.2 Å². The number of rotatable bonds is 10. The van der Waals surface area contributed by atoms with Gasteiger partial charge in [-0.3, -0.25) is 28.9 Å². The quantitative estimate of drug-likeness (QED) is 0.153. The second-order valence-electron chi connectivity index (χ2n) is 13.3. The van der Waals surface area contributed by atoms with Crippen molar-refractivity contribution in [3.63, 3.8) is 0 Å². The third-order valence-electron chi connectivity index (χ3n) is 9.62. The number of aromatic nitrogens is 4. The van der Waals surface area contributed by atoms with Gasteiger partial charge in [-0.25, -0.2) is 14.3 Å². The molecule has 3 aromatic heterocycles. The number of pyridine rings is 2. The van der Waals surface area contributed by atoms with Gasteiger partial charge in [-0.15, -0.1) is 0 Å². The van der Waals surface area contributed by atoms with Crippen LogP contribution in [0.1, 0.15) is 59.7 Å². The van der Waals surface area contributed by atoms with E-state index >= 15 is 0 Å². The zero-order valence-electron chi connectivity index (χ0n) is 28.4. The third-order valence-corrected chi connectivity index (χ3v) is 10.2. The maximum absolute atomic E-state index is 14.4. The zero-order valence-corrected chi connectivity index (χ0v) is 29.9. The Morgan fingerprint density at radius 1 is 1.00 bits per heavy atom. The highest BCUT2D eigenvalue weighted by molar-refractivity contribution is 6.35. The van der Waals surface area contributed by atoms with Gasteiger partial charge in [0.05, 0.1) is 57.1 Å². The second kappa shape index (κ2) is 13.7. The molecule has 15 heteroatoms. The summed E-state index contributed by atoms with van der Waals surface area (Å²) in [5, 5.41) is 23.7. The number of aliphatic hydroxyl groups excluding tert-OH is 1. The van der Waals surface area contributed by atoms with Gasteiger partial charge in [0.25, 0.3) is 11.8 Å². The van der Waals surface area contributed by atoms with E-state index in [1.165, 1.54) is 27.8 Å². The SMILES string of the molecule is C[C@H](NC(=O)c1cnc2n1[C@](C)(Cc1ccc(C#N)cc1)C(=O)N2c1cc(Cl)c(F)c(Cl)c1)C(=O)NC1(c2ccc(-c3ccc(CO)nc3)cn2)CC1. The number of carbonyl (C=O) groups excluding carboxylic acids is 3. The van der Waals surface area contributed by atoms with E-state index in [4.69, 9.17) is 23.2 Å². The summed E-state index contributed by atoms with van der Waals surface area (Å²) >= 11 is 12.2. The van der Waals surface area contributed by atoms with Crippen molar-refractivity contribution in [1.29, 1.82) is 5.26 Å². The summed E-state index contributed by atoms with van der Waals surface area (Å²) in [7, 11) is 0. The number of nitriles is 1. The molecule has 4 heterocycles. The molecular formula is C38H31Cl2FN8O4. The molecule has 1 aliphatic carbocycles. The Bertz CT molecular complexity index is 2280. The van der Waals surface area contributed by atoms with Gasteiger partial charge >= 0.3 is 0 Å². The van der Waals surface area contributed by atoms with Gasteiger partial charge in [0.1, 0.15) is 17.3 Å². The molecule has 2 aromatic carbocycles. The molecule has 53 heavy (non-hydrogen) atoms. The Kier molecular flexibility index (Phi) is 9.23. The lowest BCUT2D eigenvalue weighted by Gasteiger charge is -2.27. The maximum Gasteiger partial charge on any atom is 0.270 e. The van der Waals surface area contributed by atoms with E-state index in [-0.39, 0.29) is 40.4 Å². The Morgan fingerprint density at radius 3 is 2.23 bits per heavy atom. The average molecular weight is 754 g/mol. The number of imidazole rings is 1. The van der Waals surface area contributed by atoms with Gasteiger partial charge in [-0.2, -0.15) is 5.26 Å². The van der Waals surface area contributed by atoms with E-state index < -0.39 is 40.7 Å². The molecule has 1 aliphatic heterocycles. The van der Waals surface area contributed by atoms with Crippen LogP contribution in [0.3, 0.4) is 0 Å². The molecule has 0 saturated heterocycles. The highest BCUT2D eigenvalue weighted by Crippen LogP contribution is 2.46. The highest BCUT2D eigenvalue weighted by Gasteiger charge is 2.52. The number of fused-ring (bicyclic) bond motifs is 1. The molecule has 7 rings (SSSR count). The number of hydrogen-bond acceptors (Lipinski definition) is 8. The van der Waals surface area contributed by atoms with Crippen LogP contribution in [0.25, 0.3) is 11.1 Å². The standard InChI is InChI=1S/C38H31Cl2FN8O4/c1-21(33(51)47-38(11-12-38)31-10-8-25(18-44-31)24-7-9-26(20-50)43-17-24)46-34(52)30-19-45-36-48(27-13-28(39)32(41)29(40)14-27)35(53)37(2,49(30)36)15-22-3-5-23(16-42)6-4-22/h3-10,13-14,17-19,21,50H,11-12,15,20H2,1-2H3,(H,46,52)(H,47,51)/t21-,37+/m0/s1. The normalized spacial score (nSPS) is 17.5. The minimum atomic E-state index is -1.43. The molecule has 12 nitrogen and oxygen atoms in total. The summed E-state index contributed by atoms with van der Waals surface area (Å²) in [4.78, 5) is 56.3. The van der Waals surface area contributed by atoms with Crippen LogP contribution in [0, 0.1) is 17.1 Å². The monoisotopic (exact) mass is 752 g/mol. The van der Waals surface area contributed by atoms with Crippen molar-refractivity contribution in [2.24, 2.45) is 0 Å². The smallest absolute Gasteiger partial charge is 0.270 e. The van der Waals surface area contributed by atoms with Crippen LogP contribution in [0.15, 0.2) is 79.3 Å². The van der Waals surface area contributed by atoms with Crippen molar-refractivity contribution in [1.82, 2.24) is 30.2 Å². The van der Waals surface area contributed by atoms with Crippen LogP contribution in [-0.4, -0.2) is 48.4 Å². The summed E-state index contributed by atoms with van der Waals surface area (Å²) < 4.78 is 15.9. The molecule has 0 spiro atoms. The number of anilines is 2. The Morgan fingerprint density at radius 2 is 1.66 bits per heavy atom. The van der Waals surface area contributed by atoms with Gasteiger partial charge in [0, 0.05) is 29.9 Å². The molecule has 2 atom stereocenters. The predicted octanol–water partition coefficient (Wildman–Crippen LogP) is 5.71. The highest BCUT2D eigenvalue weighted by atomic mass is 35.5. The number of hydrogen-bond donors (Lipinski definition) is 3. The van der Waals surface area contributed by atoms with Gasteiger partial charge in [-0.05, 0) is 68.7 Å². The number of benzene rings is 2. The molecular weight excluding hydrogens is 722 g/mol. The lowest BCUT2D eigenvalue weighted by atomic mass is 9.91. The molecule has 5 aromatic rings. The van der Waals surface area contributed by atoms with Crippen molar-refractivity contribution in [2.75, 3.05) is 4.90 Å².